The van der Waals surface area contributed by atoms with Crippen molar-refractivity contribution in [3.63, 3.8) is 0 Å². The van der Waals surface area contributed by atoms with E-state index >= 15 is 0 Å². The fourth-order valence-corrected chi connectivity index (χ4v) is 1.89. The standard InChI is InChI=1S/C11H20N2O2/c1-5-7-8-9(14)13(4)11(3,6-2)10(15)12-8/h8H,5-7H2,1-4H3,(H,12,15). The Hall–Kier alpha value is -1.06. The van der Waals surface area contributed by atoms with E-state index in [4.69, 9.17) is 0 Å². The van der Waals surface area contributed by atoms with Crippen LogP contribution in [0, 0.1) is 0 Å². The number of amides is 2. The van der Waals surface area contributed by atoms with Crippen molar-refractivity contribution in [2.45, 2.75) is 51.6 Å². The summed E-state index contributed by atoms with van der Waals surface area (Å²) < 4.78 is 0. The Morgan fingerprint density at radius 1 is 1.40 bits per heavy atom. The summed E-state index contributed by atoms with van der Waals surface area (Å²) in [4.78, 5) is 25.4. The van der Waals surface area contributed by atoms with Gasteiger partial charge in [0.05, 0.1) is 0 Å². The average Bonchev–Trinajstić information content (AvgIpc) is 2.23. The van der Waals surface area contributed by atoms with E-state index in [0.717, 1.165) is 6.42 Å². The monoisotopic (exact) mass is 212 g/mol. The quantitative estimate of drug-likeness (QED) is 0.756. The summed E-state index contributed by atoms with van der Waals surface area (Å²) in [6, 6.07) is -0.327. The molecule has 1 rings (SSSR count). The van der Waals surface area contributed by atoms with Gasteiger partial charge in [-0.05, 0) is 19.8 Å². The van der Waals surface area contributed by atoms with E-state index in [1.54, 1.807) is 11.9 Å². The molecule has 0 aromatic heterocycles. The van der Waals surface area contributed by atoms with Crippen molar-refractivity contribution in [3.05, 3.63) is 0 Å². The minimum atomic E-state index is -0.679. The molecule has 1 aliphatic rings. The lowest BCUT2D eigenvalue weighted by Gasteiger charge is -2.43. The maximum absolute atomic E-state index is 11.9. The zero-order valence-corrected chi connectivity index (χ0v) is 9.96. The second-order valence-electron chi connectivity index (χ2n) is 4.34. The Morgan fingerprint density at radius 2 is 2.00 bits per heavy atom. The summed E-state index contributed by atoms with van der Waals surface area (Å²) in [5.74, 6) is -0.00801. The molecule has 0 saturated carbocycles. The van der Waals surface area contributed by atoms with Crippen molar-refractivity contribution in [2.24, 2.45) is 0 Å². The smallest absolute Gasteiger partial charge is 0.246 e. The van der Waals surface area contributed by atoms with E-state index in [9.17, 15) is 9.59 Å². The molecule has 4 nitrogen and oxygen atoms in total. The number of nitrogens with one attached hydrogen (secondary N) is 1. The fourth-order valence-electron chi connectivity index (χ4n) is 1.89. The number of hydrogen-bond acceptors (Lipinski definition) is 2. The molecule has 0 spiro atoms. The Balaban J connectivity index is 2.89. The van der Waals surface area contributed by atoms with Gasteiger partial charge in [-0.25, -0.2) is 0 Å². The topological polar surface area (TPSA) is 49.4 Å². The predicted octanol–water partition coefficient (Wildman–Crippen LogP) is 0.912. The van der Waals surface area contributed by atoms with Crippen LogP contribution in [0.15, 0.2) is 0 Å². The van der Waals surface area contributed by atoms with Gasteiger partial charge in [-0.15, -0.1) is 0 Å². The largest absolute Gasteiger partial charge is 0.342 e. The van der Waals surface area contributed by atoms with Gasteiger partial charge in [0.15, 0.2) is 0 Å². The van der Waals surface area contributed by atoms with Crippen molar-refractivity contribution in [2.75, 3.05) is 7.05 Å². The number of carbonyl (C=O) groups is 2. The normalized spacial score (nSPS) is 31.7. The lowest BCUT2D eigenvalue weighted by atomic mass is 9.90. The summed E-state index contributed by atoms with van der Waals surface area (Å²) in [5.41, 5.74) is -0.679. The predicted molar refractivity (Wildman–Crippen MR) is 58.3 cm³/mol. The molecule has 0 bridgehead atoms. The van der Waals surface area contributed by atoms with Crippen LogP contribution in [0.1, 0.15) is 40.0 Å². The van der Waals surface area contributed by atoms with Gasteiger partial charge < -0.3 is 10.2 Å². The van der Waals surface area contributed by atoms with E-state index in [-0.39, 0.29) is 17.9 Å². The number of piperazine rings is 1. The van der Waals surface area contributed by atoms with Gasteiger partial charge in [-0.1, -0.05) is 20.3 Å². The van der Waals surface area contributed by atoms with E-state index in [2.05, 4.69) is 5.32 Å². The zero-order valence-electron chi connectivity index (χ0n) is 9.96. The van der Waals surface area contributed by atoms with Gasteiger partial charge in [0.1, 0.15) is 11.6 Å². The molecule has 2 unspecified atom stereocenters. The highest BCUT2D eigenvalue weighted by atomic mass is 16.2. The van der Waals surface area contributed by atoms with Crippen LogP contribution in [0.25, 0.3) is 0 Å². The summed E-state index contributed by atoms with van der Waals surface area (Å²) >= 11 is 0. The highest BCUT2D eigenvalue weighted by Gasteiger charge is 2.45. The number of carbonyl (C=O) groups excluding carboxylic acids is 2. The molecule has 2 amide bonds. The SMILES string of the molecule is CCCC1NC(=O)C(C)(CC)N(C)C1=O. The van der Waals surface area contributed by atoms with Crippen LogP contribution < -0.4 is 5.32 Å². The van der Waals surface area contributed by atoms with Crippen molar-refractivity contribution in [1.29, 1.82) is 0 Å². The van der Waals surface area contributed by atoms with Crippen LogP contribution >= 0.6 is 0 Å². The first kappa shape index (κ1) is 12.0. The van der Waals surface area contributed by atoms with E-state index in [1.807, 2.05) is 20.8 Å². The highest BCUT2D eigenvalue weighted by Crippen LogP contribution is 2.24. The van der Waals surface area contributed by atoms with Gasteiger partial charge in [0, 0.05) is 7.05 Å². The highest BCUT2D eigenvalue weighted by molar-refractivity contribution is 5.99. The molecule has 15 heavy (non-hydrogen) atoms. The number of rotatable bonds is 3. The first-order valence-electron chi connectivity index (χ1n) is 5.56. The maximum atomic E-state index is 11.9. The molecule has 1 saturated heterocycles. The molecule has 1 heterocycles. The first-order valence-corrected chi connectivity index (χ1v) is 5.56. The molecule has 1 N–H and O–H groups in total. The van der Waals surface area contributed by atoms with Gasteiger partial charge >= 0.3 is 0 Å². The molecule has 0 aliphatic carbocycles. The molecule has 2 atom stereocenters. The average molecular weight is 212 g/mol. The summed E-state index contributed by atoms with van der Waals surface area (Å²) in [6.45, 7) is 5.74. The first-order chi connectivity index (χ1) is 6.97. The van der Waals surface area contributed by atoms with Crippen LogP contribution in [0.5, 0.6) is 0 Å². The van der Waals surface area contributed by atoms with Crippen molar-refractivity contribution in [1.82, 2.24) is 10.2 Å². The lowest BCUT2D eigenvalue weighted by Crippen LogP contribution is -2.68. The fraction of sp³-hybridized carbons (Fsp3) is 0.818. The Morgan fingerprint density at radius 3 is 2.47 bits per heavy atom. The molecular weight excluding hydrogens is 192 g/mol. The van der Waals surface area contributed by atoms with Crippen molar-refractivity contribution < 1.29 is 9.59 Å². The molecular formula is C11H20N2O2. The van der Waals surface area contributed by atoms with Gasteiger partial charge in [0.2, 0.25) is 11.8 Å². The van der Waals surface area contributed by atoms with Crippen molar-refractivity contribution >= 4 is 11.8 Å². The third kappa shape index (κ3) is 1.85. The van der Waals surface area contributed by atoms with E-state index in [1.165, 1.54) is 0 Å². The third-order valence-electron chi connectivity index (χ3n) is 3.43. The van der Waals surface area contributed by atoms with E-state index < -0.39 is 5.54 Å². The Kier molecular flexibility index (Phi) is 3.37. The summed E-state index contributed by atoms with van der Waals surface area (Å²) in [7, 11) is 1.72. The van der Waals surface area contributed by atoms with Gasteiger partial charge in [-0.2, -0.15) is 0 Å². The number of hydrogen-bond donors (Lipinski definition) is 1. The van der Waals surface area contributed by atoms with Crippen LogP contribution in [0.2, 0.25) is 0 Å². The van der Waals surface area contributed by atoms with Crippen molar-refractivity contribution in [3.8, 4) is 0 Å². The molecule has 1 aliphatic heterocycles. The van der Waals surface area contributed by atoms with Crippen LogP contribution in [0.3, 0.4) is 0 Å². The number of likely N-dealkylation sites (N-methyl/N-ethyl adjacent to an activating group) is 1. The van der Waals surface area contributed by atoms with Gasteiger partial charge in [0.25, 0.3) is 0 Å². The molecule has 0 radical (unpaired) electrons. The minimum absolute atomic E-state index is 0.0285. The third-order valence-corrected chi connectivity index (χ3v) is 3.43. The molecule has 0 aromatic carbocycles. The second-order valence-corrected chi connectivity index (χ2v) is 4.34. The number of nitrogens with zero attached hydrogens (tertiary/aromatic N) is 1. The Bertz CT molecular complexity index is 278. The summed E-state index contributed by atoms with van der Waals surface area (Å²) in [6.07, 6.45) is 2.25. The summed E-state index contributed by atoms with van der Waals surface area (Å²) in [5, 5.41) is 2.81. The van der Waals surface area contributed by atoms with Crippen LogP contribution in [-0.4, -0.2) is 35.3 Å². The second kappa shape index (κ2) is 4.21. The minimum Gasteiger partial charge on any atom is -0.342 e. The Labute approximate surface area is 91.0 Å². The lowest BCUT2D eigenvalue weighted by molar-refractivity contribution is -0.154. The molecule has 0 aromatic rings. The van der Waals surface area contributed by atoms with E-state index in [0.29, 0.717) is 12.8 Å². The zero-order chi connectivity index (χ0) is 11.6. The molecule has 4 heteroatoms. The molecule has 86 valence electrons. The van der Waals surface area contributed by atoms with Crippen LogP contribution in [-0.2, 0) is 9.59 Å². The van der Waals surface area contributed by atoms with Gasteiger partial charge in [-0.3, -0.25) is 9.59 Å². The van der Waals surface area contributed by atoms with Crippen LogP contribution in [0.4, 0.5) is 0 Å². The maximum Gasteiger partial charge on any atom is 0.246 e. The molecule has 1 fully saturated rings.